The summed E-state index contributed by atoms with van der Waals surface area (Å²) in [5.41, 5.74) is 6.64. The molecule has 0 aromatic heterocycles. The third-order valence-corrected chi connectivity index (χ3v) is 4.52. The largest absolute Gasteiger partial charge is 0.497 e. The number of hydrogen-bond donors (Lipinski definition) is 1. The first-order valence-corrected chi connectivity index (χ1v) is 7.22. The van der Waals surface area contributed by atoms with Crippen LogP contribution in [0.2, 0.25) is 0 Å². The third-order valence-electron chi connectivity index (χ3n) is 4.52. The molecule has 2 atom stereocenters. The van der Waals surface area contributed by atoms with Crippen LogP contribution in [0.3, 0.4) is 0 Å². The minimum absolute atomic E-state index is 0.239. The van der Waals surface area contributed by atoms with Crippen LogP contribution in [0.15, 0.2) is 18.2 Å². The average molecular weight is 265 g/mol. The maximum atomic E-state index is 14.2. The van der Waals surface area contributed by atoms with Crippen LogP contribution in [-0.4, -0.2) is 7.11 Å². The van der Waals surface area contributed by atoms with E-state index in [2.05, 4.69) is 6.92 Å². The summed E-state index contributed by atoms with van der Waals surface area (Å²) in [6.07, 6.45) is 6.33. The number of nitrogens with two attached hydrogens (primary N) is 1. The molecule has 106 valence electrons. The number of ether oxygens (including phenoxy) is 1. The van der Waals surface area contributed by atoms with Gasteiger partial charge in [0.1, 0.15) is 11.6 Å². The predicted octanol–water partition coefficient (Wildman–Crippen LogP) is 3.98. The molecule has 1 fully saturated rings. The molecule has 1 aromatic carbocycles. The molecule has 2 nitrogen and oxygen atoms in total. The molecular weight excluding hydrogens is 241 g/mol. The highest BCUT2D eigenvalue weighted by Crippen LogP contribution is 2.38. The molecule has 1 aromatic rings. The Hall–Kier alpha value is -1.09. The van der Waals surface area contributed by atoms with E-state index in [4.69, 9.17) is 10.5 Å². The standard InChI is InChI=1S/C16H24FNO/c1-3-12-5-4-9-16(18,10-8-12)14-7-6-13(19-2)11-15(14)17/h6-7,11-12H,3-5,8-10,18H2,1-2H3. The van der Waals surface area contributed by atoms with Gasteiger partial charge in [-0.05, 0) is 31.2 Å². The van der Waals surface area contributed by atoms with Gasteiger partial charge in [-0.15, -0.1) is 0 Å². The SMILES string of the molecule is CCC1CCCC(N)(c2ccc(OC)cc2F)CC1. The zero-order chi connectivity index (χ0) is 13.9. The van der Waals surface area contributed by atoms with Crippen molar-refractivity contribution in [3.05, 3.63) is 29.6 Å². The number of halogens is 1. The maximum absolute atomic E-state index is 14.2. The normalized spacial score (nSPS) is 27.9. The average Bonchev–Trinajstić information content (AvgIpc) is 2.61. The van der Waals surface area contributed by atoms with Gasteiger partial charge in [0.05, 0.1) is 7.11 Å². The summed E-state index contributed by atoms with van der Waals surface area (Å²) in [4.78, 5) is 0. The lowest BCUT2D eigenvalue weighted by Crippen LogP contribution is -2.37. The van der Waals surface area contributed by atoms with Crippen molar-refractivity contribution in [2.24, 2.45) is 11.7 Å². The molecule has 0 saturated heterocycles. The van der Waals surface area contributed by atoms with Crippen molar-refractivity contribution < 1.29 is 9.13 Å². The molecule has 0 aliphatic heterocycles. The van der Waals surface area contributed by atoms with Crippen LogP contribution in [0.5, 0.6) is 5.75 Å². The zero-order valence-corrected chi connectivity index (χ0v) is 11.9. The first-order chi connectivity index (χ1) is 9.09. The first-order valence-electron chi connectivity index (χ1n) is 7.22. The van der Waals surface area contributed by atoms with Crippen LogP contribution in [0.1, 0.15) is 51.0 Å². The van der Waals surface area contributed by atoms with E-state index in [1.165, 1.54) is 18.9 Å². The fraction of sp³-hybridized carbons (Fsp3) is 0.625. The Morgan fingerprint density at radius 1 is 1.37 bits per heavy atom. The van der Waals surface area contributed by atoms with Gasteiger partial charge in [0, 0.05) is 17.2 Å². The summed E-state index contributed by atoms with van der Waals surface area (Å²) in [6.45, 7) is 2.22. The van der Waals surface area contributed by atoms with Crippen LogP contribution >= 0.6 is 0 Å². The van der Waals surface area contributed by atoms with Crippen molar-refractivity contribution in [3.8, 4) is 5.75 Å². The van der Waals surface area contributed by atoms with Crippen LogP contribution in [0.25, 0.3) is 0 Å². The molecule has 2 unspecified atom stereocenters. The molecule has 0 bridgehead atoms. The summed E-state index contributed by atoms with van der Waals surface area (Å²) in [6, 6.07) is 5.03. The van der Waals surface area contributed by atoms with Gasteiger partial charge in [-0.1, -0.05) is 32.3 Å². The van der Waals surface area contributed by atoms with Gasteiger partial charge in [-0.25, -0.2) is 4.39 Å². The van der Waals surface area contributed by atoms with E-state index in [1.54, 1.807) is 19.2 Å². The lowest BCUT2D eigenvalue weighted by molar-refractivity contribution is 0.354. The van der Waals surface area contributed by atoms with Crippen molar-refractivity contribution in [3.63, 3.8) is 0 Å². The van der Waals surface area contributed by atoms with E-state index in [-0.39, 0.29) is 5.82 Å². The van der Waals surface area contributed by atoms with Crippen LogP contribution in [0, 0.1) is 11.7 Å². The summed E-state index contributed by atoms with van der Waals surface area (Å²) in [7, 11) is 1.55. The zero-order valence-electron chi connectivity index (χ0n) is 11.9. The van der Waals surface area contributed by atoms with E-state index < -0.39 is 5.54 Å². The Morgan fingerprint density at radius 2 is 2.16 bits per heavy atom. The quantitative estimate of drug-likeness (QED) is 0.839. The van der Waals surface area contributed by atoms with Crippen molar-refractivity contribution >= 4 is 0 Å². The predicted molar refractivity (Wildman–Crippen MR) is 75.7 cm³/mol. The van der Waals surface area contributed by atoms with Crippen molar-refractivity contribution in [1.29, 1.82) is 0 Å². The topological polar surface area (TPSA) is 35.2 Å². The van der Waals surface area contributed by atoms with Gasteiger partial charge in [0.2, 0.25) is 0 Å². The van der Waals surface area contributed by atoms with Gasteiger partial charge in [0.15, 0.2) is 0 Å². The molecule has 2 N–H and O–H groups in total. The molecule has 3 heteroatoms. The van der Waals surface area contributed by atoms with Crippen LogP contribution < -0.4 is 10.5 Å². The molecular formula is C16H24FNO. The fourth-order valence-electron chi connectivity index (χ4n) is 3.14. The smallest absolute Gasteiger partial charge is 0.131 e. The molecule has 0 heterocycles. The number of benzene rings is 1. The van der Waals surface area contributed by atoms with Crippen LogP contribution in [-0.2, 0) is 5.54 Å². The van der Waals surface area contributed by atoms with Gasteiger partial charge < -0.3 is 10.5 Å². The lowest BCUT2D eigenvalue weighted by Gasteiger charge is -2.29. The number of rotatable bonds is 3. The van der Waals surface area contributed by atoms with E-state index in [0.717, 1.165) is 31.6 Å². The molecule has 1 aliphatic carbocycles. The molecule has 0 spiro atoms. The fourth-order valence-corrected chi connectivity index (χ4v) is 3.14. The molecule has 2 rings (SSSR count). The molecule has 1 aliphatic rings. The number of methoxy groups -OCH3 is 1. The summed E-state index contributed by atoms with van der Waals surface area (Å²) < 4.78 is 19.3. The van der Waals surface area contributed by atoms with E-state index >= 15 is 0 Å². The first kappa shape index (κ1) is 14.3. The Kier molecular flexibility index (Phi) is 4.46. The molecule has 19 heavy (non-hydrogen) atoms. The molecule has 0 radical (unpaired) electrons. The summed E-state index contributed by atoms with van der Waals surface area (Å²) in [5.74, 6) is 1.05. The minimum Gasteiger partial charge on any atom is -0.497 e. The van der Waals surface area contributed by atoms with Crippen molar-refractivity contribution in [1.82, 2.24) is 0 Å². The Balaban J connectivity index is 2.24. The third kappa shape index (κ3) is 3.08. The second kappa shape index (κ2) is 5.91. The second-order valence-electron chi connectivity index (χ2n) is 5.71. The second-order valence-corrected chi connectivity index (χ2v) is 5.71. The minimum atomic E-state index is -0.514. The van der Waals surface area contributed by atoms with E-state index in [9.17, 15) is 4.39 Å². The van der Waals surface area contributed by atoms with Crippen LogP contribution in [0.4, 0.5) is 4.39 Å². The monoisotopic (exact) mass is 265 g/mol. The van der Waals surface area contributed by atoms with Crippen molar-refractivity contribution in [2.75, 3.05) is 7.11 Å². The highest BCUT2D eigenvalue weighted by atomic mass is 19.1. The van der Waals surface area contributed by atoms with E-state index in [1.807, 2.05) is 0 Å². The summed E-state index contributed by atoms with van der Waals surface area (Å²) >= 11 is 0. The highest BCUT2D eigenvalue weighted by Gasteiger charge is 2.32. The Labute approximate surface area is 115 Å². The van der Waals surface area contributed by atoms with Gasteiger partial charge in [-0.3, -0.25) is 0 Å². The van der Waals surface area contributed by atoms with Gasteiger partial charge in [-0.2, -0.15) is 0 Å². The Bertz CT molecular complexity index is 435. The lowest BCUT2D eigenvalue weighted by atomic mass is 9.83. The van der Waals surface area contributed by atoms with Gasteiger partial charge in [0.25, 0.3) is 0 Å². The van der Waals surface area contributed by atoms with E-state index in [0.29, 0.717) is 11.3 Å². The maximum Gasteiger partial charge on any atom is 0.131 e. The highest BCUT2D eigenvalue weighted by molar-refractivity contribution is 5.33. The Morgan fingerprint density at radius 3 is 2.79 bits per heavy atom. The van der Waals surface area contributed by atoms with Gasteiger partial charge >= 0.3 is 0 Å². The number of hydrogen-bond acceptors (Lipinski definition) is 2. The summed E-state index contributed by atoms with van der Waals surface area (Å²) in [5, 5.41) is 0. The van der Waals surface area contributed by atoms with Crippen molar-refractivity contribution in [2.45, 2.75) is 51.0 Å². The molecule has 1 saturated carbocycles. The molecule has 0 amide bonds.